The average molecular weight is 364 g/mol. The minimum absolute atomic E-state index is 0.0454. The third kappa shape index (κ3) is 3.66. The number of hydrogen-bond acceptors (Lipinski definition) is 2. The monoisotopic (exact) mass is 362 g/mol. The Morgan fingerprint density at radius 1 is 1.41 bits per heavy atom. The van der Waals surface area contributed by atoms with Crippen LogP contribution < -0.4 is 10.9 Å². The van der Waals surface area contributed by atoms with Crippen molar-refractivity contribution in [2.75, 3.05) is 6.54 Å². The fourth-order valence-electron chi connectivity index (χ4n) is 2.20. The van der Waals surface area contributed by atoms with Crippen molar-refractivity contribution >= 4 is 31.9 Å². The van der Waals surface area contributed by atoms with Crippen LogP contribution in [-0.2, 0) is 6.54 Å². The van der Waals surface area contributed by atoms with Crippen molar-refractivity contribution < 1.29 is 0 Å². The van der Waals surface area contributed by atoms with Gasteiger partial charge in [-0.15, -0.1) is 0 Å². The van der Waals surface area contributed by atoms with E-state index in [1.165, 1.54) is 19.3 Å². The lowest BCUT2D eigenvalue weighted by Crippen LogP contribution is -2.35. The highest BCUT2D eigenvalue weighted by atomic mass is 79.9. The van der Waals surface area contributed by atoms with E-state index in [0.29, 0.717) is 10.5 Å². The molecule has 0 aromatic carbocycles. The SMILES string of the molecule is O=c1c(Br)cc(Br)cn1CCC1CCCCN1. The highest BCUT2D eigenvalue weighted by Gasteiger charge is 2.12. The smallest absolute Gasteiger partial charge is 0.264 e. The van der Waals surface area contributed by atoms with Crippen molar-refractivity contribution in [2.24, 2.45) is 0 Å². The normalized spacial score (nSPS) is 20.5. The fraction of sp³-hybridized carbons (Fsp3) is 0.583. The van der Waals surface area contributed by atoms with Gasteiger partial charge in [-0.2, -0.15) is 0 Å². The summed E-state index contributed by atoms with van der Waals surface area (Å²) in [6.45, 7) is 1.89. The van der Waals surface area contributed by atoms with Crippen LogP contribution in [-0.4, -0.2) is 17.2 Å². The topological polar surface area (TPSA) is 34.0 Å². The summed E-state index contributed by atoms with van der Waals surface area (Å²) >= 11 is 6.69. The van der Waals surface area contributed by atoms with Gasteiger partial charge in [-0.3, -0.25) is 4.79 Å². The summed E-state index contributed by atoms with van der Waals surface area (Å²) in [6, 6.07) is 2.35. The predicted octanol–water partition coefficient (Wildman–Crippen LogP) is 2.91. The largest absolute Gasteiger partial charge is 0.314 e. The predicted molar refractivity (Wildman–Crippen MR) is 76.4 cm³/mol. The Morgan fingerprint density at radius 2 is 2.24 bits per heavy atom. The molecule has 17 heavy (non-hydrogen) atoms. The zero-order valence-electron chi connectivity index (χ0n) is 9.59. The van der Waals surface area contributed by atoms with E-state index >= 15 is 0 Å². The summed E-state index contributed by atoms with van der Waals surface area (Å²) in [5, 5.41) is 3.50. The number of piperidine rings is 1. The highest BCUT2D eigenvalue weighted by molar-refractivity contribution is 9.11. The average Bonchev–Trinajstić information content (AvgIpc) is 2.33. The second-order valence-electron chi connectivity index (χ2n) is 4.44. The van der Waals surface area contributed by atoms with Crippen LogP contribution in [0.25, 0.3) is 0 Å². The zero-order chi connectivity index (χ0) is 12.3. The molecule has 1 aliphatic rings. The minimum Gasteiger partial charge on any atom is -0.314 e. The van der Waals surface area contributed by atoms with Crippen LogP contribution in [0, 0.1) is 0 Å². The van der Waals surface area contributed by atoms with E-state index in [2.05, 4.69) is 37.2 Å². The molecule has 0 bridgehead atoms. The molecule has 2 rings (SSSR count). The second kappa shape index (κ2) is 6.16. The summed E-state index contributed by atoms with van der Waals surface area (Å²) < 4.78 is 3.31. The van der Waals surface area contributed by atoms with E-state index in [0.717, 1.165) is 24.0 Å². The standard InChI is InChI=1S/C12H16Br2N2O/c13-9-7-11(14)12(17)16(8-9)6-4-10-3-1-2-5-15-10/h7-8,10,15H,1-6H2. The third-order valence-electron chi connectivity index (χ3n) is 3.14. The molecule has 5 heteroatoms. The molecular weight excluding hydrogens is 348 g/mol. The molecule has 1 unspecified atom stereocenters. The first kappa shape index (κ1) is 13.3. The quantitative estimate of drug-likeness (QED) is 0.895. The molecule has 2 heterocycles. The summed E-state index contributed by atoms with van der Waals surface area (Å²) in [6.07, 6.45) is 6.68. The van der Waals surface area contributed by atoms with E-state index in [4.69, 9.17) is 0 Å². The molecule has 0 spiro atoms. The Hall–Kier alpha value is -0.130. The van der Waals surface area contributed by atoms with Crippen molar-refractivity contribution in [3.63, 3.8) is 0 Å². The van der Waals surface area contributed by atoms with Gasteiger partial charge < -0.3 is 9.88 Å². The number of halogens is 2. The number of pyridine rings is 1. The van der Waals surface area contributed by atoms with Crippen LogP contribution in [0.5, 0.6) is 0 Å². The van der Waals surface area contributed by atoms with Crippen LogP contribution in [0.2, 0.25) is 0 Å². The zero-order valence-corrected chi connectivity index (χ0v) is 12.8. The third-order valence-corrected chi connectivity index (χ3v) is 4.14. The number of rotatable bonds is 3. The van der Waals surface area contributed by atoms with Gasteiger partial charge in [-0.05, 0) is 63.7 Å². The van der Waals surface area contributed by atoms with Gasteiger partial charge in [-0.1, -0.05) is 6.42 Å². The van der Waals surface area contributed by atoms with Gasteiger partial charge in [0.15, 0.2) is 0 Å². The van der Waals surface area contributed by atoms with Crippen LogP contribution in [0.4, 0.5) is 0 Å². The van der Waals surface area contributed by atoms with Crippen molar-refractivity contribution in [1.29, 1.82) is 0 Å². The molecule has 1 aromatic rings. The molecule has 3 nitrogen and oxygen atoms in total. The van der Waals surface area contributed by atoms with Crippen LogP contribution in [0.3, 0.4) is 0 Å². The number of nitrogens with one attached hydrogen (secondary N) is 1. The van der Waals surface area contributed by atoms with Gasteiger partial charge in [-0.25, -0.2) is 0 Å². The molecule has 0 aliphatic carbocycles. The number of aryl methyl sites for hydroxylation is 1. The first-order chi connectivity index (χ1) is 8.16. The summed E-state index contributed by atoms with van der Waals surface area (Å²) in [5.74, 6) is 0. The molecule has 1 fully saturated rings. The lowest BCUT2D eigenvalue weighted by atomic mass is 10.0. The number of nitrogens with zero attached hydrogens (tertiary/aromatic N) is 1. The van der Waals surface area contributed by atoms with E-state index in [-0.39, 0.29) is 5.56 Å². The summed E-state index contributed by atoms with van der Waals surface area (Å²) in [5.41, 5.74) is 0.0454. The molecule has 1 N–H and O–H groups in total. The van der Waals surface area contributed by atoms with Crippen LogP contribution in [0.1, 0.15) is 25.7 Å². The van der Waals surface area contributed by atoms with Gasteiger partial charge >= 0.3 is 0 Å². The van der Waals surface area contributed by atoms with Gasteiger partial charge in [0, 0.05) is 23.3 Å². The van der Waals surface area contributed by atoms with Gasteiger partial charge in [0.2, 0.25) is 0 Å². The van der Waals surface area contributed by atoms with Crippen molar-refractivity contribution in [3.8, 4) is 0 Å². The molecule has 1 atom stereocenters. The maximum absolute atomic E-state index is 11.9. The number of hydrogen-bond donors (Lipinski definition) is 1. The Bertz CT molecular complexity index is 439. The molecule has 1 aliphatic heterocycles. The molecule has 0 radical (unpaired) electrons. The minimum atomic E-state index is 0.0454. The molecule has 0 amide bonds. The first-order valence-electron chi connectivity index (χ1n) is 5.95. The Kier molecular flexibility index (Phi) is 4.82. The van der Waals surface area contributed by atoms with Gasteiger partial charge in [0.1, 0.15) is 0 Å². The van der Waals surface area contributed by atoms with Gasteiger partial charge in [0.25, 0.3) is 5.56 Å². The Balaban J connectivity index is 2.00. The fourth-order valence-corrected chi connectivity index (χ4v) is 3.45. The van der Waals surface area contributed by atoms with Crippen molar-refractivity contribution in [1.82, 2.24) is 9.88 Å². The van der Waals surface area contributed by atoms with Crippen molar-refractivity contribution in [3.05, 3.63) is 31.6 Å². The summed E-state index contributed by atoms with van der Waals surface area (Å²) in [4.78, 5) is 11.9. The van der Waals surface area contributed by atoms with Crippen LogP contribution >= 0.6 is 31.9 Å². The van der Waals surface area contributed by atoms with E-state index in [1.807, 2.05) is 6.20 Å². The molecule has 94 valence electrons. The maximum atomic E-state index is 11.9. The summed E-state index contributed by atoms with van der Waals surface area (Å²) in [7, 11) is 0. The lowest BCUT2D eigenvalue weighted by Gasteiger charge is -2.23. The molecular formula is C12H16Br2N2O. The first-order valence-corrected chi connectivity index (χ1v) is 7.54. The van der Waals surface area contributed by atoms with Crippen LogP contribution in [0.15, 0.2) is 26.0 Å². The Labute approximate surface area is 118 Å². The second-order valence-corrected chi connectivity index (χ2v) is 6.21. The highest BCUT2D eigenvalue weighted by Crippen LogP contribution is 2.14. The van der Waals surface area contributed by atoms with Crippen molar-refractivity contribution in [2.45, 2.75) is 38.3 Å². The molecule has 1 saturated heterocycles. The van der Waals surface area contributed by atoms with Gasteiger partial charge in [0.05, 0.1) is 4.47 Å². The Morgan fingerprint density at radius 3 is 2.94 bits per heavy atom. The number of aromatic nitrogens is 1. The van der Waals surface area contributed by atoms with E-state index < -0.39 is 0 Å². The van der Waals surface area contributed by atoms with E-state index in [1.54, 1.807) is 10.6 Å². The molecule has 0 saturated carbocycles. The lowest BCUT2D eigenvalue weighted by molar-refractivity contribution is 0.365. The van der Waals surface area contributed by atoms with E-state index in [9.17, 15) is 4.79 Å². The molecule has 1 aromatic heterocycles. The maximum Gasteiger partial charge on any atom is 0.264 e.